The Labute approximate surface area is 86.3 Å². The Bertz CT molecular complexity index is 476. The Balaban J connectivity index is 2.68. The zero-order chi connectivity index (χ0) is 11.0. The fourth-order valence-electron chi connectivity index (χ4n) is 1.87. The van der Waals surface area contributed by atoms with Crippen molar-refractivity contribution < 1.29 is 9.90 Å². The molecule has 5 nitrogen and oxygen atoms in total. The molecule has 0 spiro atoms. The predicted octanol–water partition coefficient (Wildman–Crippen LogP) is -0.271. The molecule has 2 rings (SSSR count). The molecule has 2 heterocycles. The third-order valence-electron chi connectivity index (χ3n) is 2.72. The molecular weight excluding hydrogens is 196 g/mol. The van der Waals surface area contributed by atoms with Crippen LogP contribution in [0, 0.1) is 0 Å². The normalized spacial score (nSPS) is 14.7. The van der Waals surface area contributed by atoms with Crippen LogP contribution >= 0.6 is 0 Å². The van der Waals surface area contributed by atoms with Crippen molar-refractivity contribution >= 4 is 5.97 Å². The van der Waals surface area contributed by atoms with Crippen LogP contribution in [0.5, 0.6) is 0 Å². The maximum Gasteiger partial charge on any atom is 0.341 e. The van der Waals surface area contributed by atoms with Gasteiger partial charge in [-0.25, -0.2) is 4.79 Å². The van der Waals surface area contributed by atoms with Crippen molar-refractivity contribution in [1.29, 1.82) is 0 Å². The van der Waals surface area contributed by atoms with Gasteiger partial charge in [-0.2, -0.15) is 0 Å². The molecule has 0 unspecified atom stereocenters. The number of rotatable bonds is 1. The number of nitrogens with one attached hydrogen (secondary N) is 1. The van der Waals surface area contributed by atoms with Gasteiger partial charge in [0.15, 0.2) is 0 Å². The van der Waals surface area contributed by atoms with Gasteiger partial charge in [-0.3, -0.25) is 4.79 Å². The second kappa shape index (κ2) is 3.51. The first-order valence-corrected chi connectivity index (χ1v) is 4.77. The van der Waals surface area contributed by atoms with Crippen LogP contribution in [0.15, 0.2) is 10.9 Å². The summed E-state index contributed by atoms with van der Waals surface area (Å²) in [6.07, 6.45) is 0.768. The molecular formula is C10H12N2O3. The topological polar surface area (TPSA) is 71.3 Å². The molecule has 1 aromatic rings. The molecule has 0 aromatic carbocycles. The molecule has 80 valence electrons. The minimum Gasteiger partial charge on any atom is -0.477 e. The summed E-state index contributed by atoms with van der Waals surface area (Å²) in [5.41, 5.74) is 1.26. The average molecular weight is 208 g/mol. The van der Waals surface area contributed by atoms with Gasteiger partial charge in [0.1, 0.15) is 5.56 Å². The van der Waals surface area contributed by atoms with E-state index in [1.807, 2.05) is 0 Å². The molecule has 2 N–H and O–H groups in total. The molecule has 0 fully saturated rings. The van der Waals surface area contributed by atoms with Crippen LogP contribution in [0.3, 0.4) is 0 Å². The number of hydrogen-bond acceptors (Lipinski definition) is 3. The molecule has 0 radical (unpaired) electrons. The van der Waals surface area contributed by atoms with Crippen molar-refractivity contribution in [2.45, 2.75) is 13.0 Å². The standard InChI is InChI=1S/C10H12N2O3/c1-12-8-5-11-3-2-6(8)4-7(9(12)13)10(14)15/h4,11H,2-3,5H2,1H3,(H,14,15). The smallest absolute Gasteiger partial charge is 0.341 e. The average Bonchev–Trinajstić information content (AvgIpc) is 2.23. The zero-order valence-electron chi connectivity index (χ0n) is 8.41. The van der Waals surface area contributed by atoms with E-state index >= 15 is 0 Å². The maximum atomic E-state index is 11.6. The number of carbonyl (C=O) groups is 1. The number of aromatic nitrogens is 1. The van der Waals surface area contributed by atoms with Gasteiger partial charge in [0.05, 0.1) is 0 Å². The van der Waals surface area contributed by atoms with Crippen molar-refractivity contribution in [2.75, 3.05) is 6.54 Å². The van der Waals surface area contributed by atoms with E-state index in [2.05, 4.69) is 5.32 Å². The summed E-state index contributed by atoms with van der Waals surface area (Å²) < 4.78 is 1.42. The van der Waals surface area contributed by atoms with E-state index in [4.69, 9.17) is 5.11 Å². The molecule has 0 aliphatic carbocycles. The first-order chi connectivity index (χ1) is 7.11. The third kappa shape index (κ3) is 1.55. The molecule has 0 bridgehead atoms. The predicted molar refractivity (Wildman–Crippen MR) is 54.1 cm³/mol. The Morgan fingerprint density at radius 1 is 1.60 bits per heavy atom. The van der Waals surface area contributed by atoms with Gasteiger partial charge in [-0.1, -0.05) is 0 Å². The first-order valence-electron chi connectivity index (χ1n) is 4.77. The Kier molecular flexibility index (Phi) is 2.32. The molecule has 5 heteroatoms. The number of nitrogens with zero attached hydrogens (tertiary/aromatic N) is 1. The second-order valence-electron chi connectivity index (χ2n) is 3.63. The van der Waals surface area contributed by atoms with E-state index in [9.17, 15) is 9.59 Å². The van der Waals surface area contributed by atoms with Gasteiger partial charge in [0.25, 0.3) is 5.56 Å². The van der Waals surface area contributed by atoms with Gasteiger partial charge in [-0.15, -0.1) is 0 Å². The van der Waals surface area contributed by atoms with Gasteiger partial charge >= 0.3 is 5.97 Å². The van der Waals surface area contributed by atoms with Crippen LogP contribution in [0.1, 0.15) is 21.6 Å². The van der Waals surface area contributed by atoms with Gasteiger partial charge in [0, 0.05) is 19.3 Å². The molecule has 1 aliphatic heterocycles. The maximum absolute atomic E-state index is 11.6. The summed E-state index contributed by atoms with van der Waals surface area (Å²) in [6.45, 7) is 1.45. The molecule has 0 saturated carbocycles. The number of carboxylic acids is 1. The van der Waals surface area contributed by atoms with Crippen LogP contribution in [-0.4, -0.2) is 22.2 Å². The summed E-state index contributed by atoms with van der Waals surface area (Å²) in [4.78, 5) is 22.5. The lowest BCUT2D eigenvalue weighted by Gasteiger charge is -2.20. The number of hydrogen-bond donors (Lipinski definition) is 2. The highest BCUT2D eigenvalue weighted by atomic mass is 16.4. The van der Waals surface area contributed by atoms with Gasteiger partial charge in [-0.05, 0) is 24.6 Å². The molecule has 0 atom stereocenters. The summed E-state index contributed by atoms with van der Waals surface area (Å²) in [6, 6.07) is 1.50. The Hall–Kier alpha value is -1.62. The molecule has 15 heavy (non-hydrogen) atoms. The summed E-state index contributed by atoms with van der Waals surface area (Å²) in [7, 11) is 1.61. The number of carboxylic acid groups (broad SMARTS) is 1. The lowest BCUT2D eigenvalue weighted by Crippen LogP contribution is -2.34. The molecule has 1 aromatic heterocycles. The minimum atomic E-state index is -1.16. The lowest BCUT2D eigenvalue weighted by molar-refractivity contribution is 0.0694. The highest BCUT2D eigenvalue weighted by molar-refractivity contribution is 5.87. The Morgan fingerprint density at radius 2 is 2.33 bits per heavy atom. The first kappa shape index (κ1) is 9.92. The van der Waals surface area contributed by atoms with Crippen LogP contribution < -0.4 is 10.9 Å². The quantitative estimate of drug-likeness (QED) is 0.666. The largest absolute Gasteiger partial charge is 0.477 e. The minimum absolute atomic E-state index is 0.141. The van der Waals surface area contributed by atoms with E-state index < -0.39 is 11.5 Å². The molecule has 0 saturated heterocycles. The second-order valence-corrected chi connectivity index (χ2v) is 3.63. The van der Waals surface area contributed by atoms with E-state index in [0.29, 0.717) is 6.54 Å². The van der Waals surface area contributed by atoms with E-state index in [0.717, 1.165) is 24.2 Å². The summed E-state index contributed by atoms with van der Waals surface area (Å²) in [5.74, 6) is -1.16. The number of fused-ring (bicyclic) bond motifs is 1. The van der Waals surface area contributed by atoms with Crippen LogP contribution in [0.4, 0.5) is 0 Å². The van der Waals surface area contributed by atoms with Crippen molar-refractivity contribution in [3.8, 4) is 0 Å². The van der Waals surface area contributed by atoms with Crippen molar-refractivity contribution in [3.05, 3.63) is 33.2 Å². The van der Waals surface area contributed by atoms with E-state index in [1.165, 1.54) is 10.6 Å². The Morgan fingerprint density at radius 3 is 3.00 bits per heavy atom. The molecule has 1 aliphatic rings. The monoisotopic (exact) mass is 208 g/mol. The lowest BCUT2D eigenvalue weighted by atomic mass is 10.0. The van der Waals surface area contributed by atoms with Crippen molar-refractivity contribution in [1.82, 2.24) is 9.88 Å². The van der Waals surface area contributed by atoms with E-state index in [-0.39, 0.29) is 5.56 Å². The summed E-state index contributed by atoms with van der Waals surface area (Å²) >= 11 is 0. The summed E-state index contributed by atoms with van der Waals surface area (Å²) in [5, 5.41) is 12.0. The fraction of sp³-hybridized carbons (Fsp3) is 0.400. The van der Waals surface area contributed by atoms with Gasteiger partial charge in [0.2, 0.25) is 0 Å². The number of aromatic carboxylic acids is 1. The third-order valence-corrected chi connectivity index (χ3v) is 2.72. The van der Waals surface area contributed by atoms with Crippen LogP contribution in [-0.2, 0) is 20.0 Å². The van der Waals surface area contributed by atoms with Crippen molar-refractivity contribution in [2.24, 2.45) is 7.05 Å². The van der Waals surface area contributed by atoms with E-state index in [1.54, 1.807) is 7.05 Å². The highest BCUT2D eigenvalue weighted by Crippen LogP contribution is 2.12. The van der Waals surface area contributed by atoms with Crippen molar-refractivity contribution in [3.63, 3.8) is 0 Å². The van der Waals surface area contributed by atoms with Crippen LogP contribution in [0.25, 0.3) is 0 Å². The fourth-order valence-corrected chi connectivity index (χ4v) is 1.87. The number of pyridine rings is 1. The SMILES string of the molecule is Cn1c2c(cc(C(=O)O)c1=O)CCNC2. The van der Waals surface area contributed by atoms with Gasteiger partial charge < -0.3 is 15.0 Å². The molecule has 0 amide bonds. The highest BCUT2D eigenvalue weighted by Gasteiger charge is 2.18. The van der Waals surface area contributed by atoms with Crippen LogP contribution in [0.2, 0.25) is 0 Å². The zero-order valence-corrected chi connectivity index (χ0v) is 8.41.